The molecule has 12 rings (SSSR count). The van der Waals surface area contributed by atoms with Crippen molar-refractivity contribution in [1.29, 1.82) is 0 Å². The van der Waals surface area contributed by atoms with Gasteiger partial charge in [0.2, 0.25) is 0 Å². The van der Waals surface area contributed by atoms with E-state index in [0.717, 1.165) is 44.8 Å². The van der Waals surface area contributed by atoms with E-state index >= 15 is 0 Å². The van der Waals surface area contributed by atoms with E-state index in [4.69, 9.17) is 9.97 Å². The van der Waals surface area contributed by atoms with Gasteiger partial charge in [0.05, 0.1) is 11.4 Å². The predicted octanol–water partition coefficient (Wildman–Crippen LogP) is 16.2. The molecule has 0 N–H and O–H groups in total. The van der Waals surface area contributed by atoms with Crippen LogP contribution in [0.5, 0.6) is 0 Å². The van der Waals surface area contributed by atoms with Gasteiger partial charge in [0.25, 0.3) is 0 Å². The molecule has 2 aromatic heterocycles. The van der Waals surface area contributed by atoms with Gasteiger partial charge >= 0.3 is 0 Å². The van der Waals surface area contributed by atoms with E-state index in [1.807, 2.05) is 35.6 Å². The third-order valence-electron chi connectivity index (χ3n) is 13.0. The Labute approximate surface area is 371 Å². The van der Waals surface area contributed by atoms with Crippen LogP contribution < -0.4 is 0 Å². The van der Waals surface area contributed by atoms with Gasteiger partial charge < -0.3 is 0 Å². The molecule has 296 valence electrons. The zero-order valence-corrected chi connectivity index (χ0v) is 35.5. The van der Waals surface area contributed by atoms with Gasteiger partial charge in [-0.1, -0.05) is 176 Å². The Hall–Kier alpha value is -7.72. The van der Waals surface area contributed by atoms with Crippen LogP contribution in [0.2, 0.25) is 0 Å². The maximum Gasteiger partial charge on any atom is 0.160 e. The maximum absolute atomic E-state index is 5.27. The summed E-state index contributed by atoms with van der Waals surface area (Å²) in [5, 5.41) is 2.58. The zero-order valence-electron chi connectivity index (χ0n) is 34.7. The molecule has 0 amide bonds. The Balaban J connectivity index is 0.995. The summed E-state index contributed by atoms with van der Waals surface area (Å²) in [6.45, 7) is 2.38. The van der Waals surface area contributed by atoms with E-state index in [9.17, 15) is 0 Å². The number of hydrogen-bond acceptors (Lipinski definition) is 3. The van der Waals surface area contributed by atoms with Crippen LogP contribution in [-0.4, -0.2) is 9.97 Å². The van der Waals surface area contributed by atoms with Gasteiger partial charge in [-0.2, -0.15) is 0 Å². The molecule has 3 heteroatoms. The molecule has 0 spiro atoms. The van der Waals surface area contributed by atoms with Crippen LogP contribution in [0.15, 0.2) is 224 Å². The number of hydrogen-bond donors (Lipinski definition) is 0. The standard InChI is InChI=1S/C60H40N2S/c1-60(48-19-9-4-10-20-48)53-23-13-11-21-49(53)50-31-29-44(37-54(50)60)39-25-27-40(28-26-39)45-33-46(43-30-32-58-52(36-43)51-22-12-14-24-57(51)63-58)35-47(34-45)56-38-55(41-15-5-2-6-16-41)61-59(62-56)42-17-7-3-8-18-42/h2-38H,1H3. The Morgan fingerprint density at radius 2 is 0.857 bits per heavy atom. The second kappa shape index (κ2) is 15.0. The molecule has 0 radical (unpaired) electrons. The van der Waals surface area contributed by atoms with Crippen molar-refractivity contribution in [2.45, 2.75) is 12.3 Å². The first-order valence-electron chi connectivity index (χ1n) is 21.5. The smallest absolute Gasteiger partial charge is 0.160 e. The summed E-state index contributed by atoms with van der Waals surface area (Å²) < 4.78 is 2.60. The molecule has 1 aliphatic carbocycles. The zero-order chi connectivity index (χ0) is 41.9. The number of aromatic nitrogens is 2. The molecule has 0 saturated heterocycles. The van der Waals surface area contributed by atoms with Gasteiger partial charge in [0.15, 0.2) is 5.82 Å². The molecule has 1 unspecified atom stereocenters. The van der Waals surface area contributed by atoms with E-state index in [0.29, 0.717) is 5.82 Å². The summed E-state index contributed by atoms with van der Waals surface area (Å²) >= 11 is 1.85. The highest BCUT2D eigenvalue weighted by Gasteiger charge is 2.40. The minimum atomic E-state index is -0.250. The molecule has 0 saturated carbocycles. The number of fused-ring (bicyclic) bond motifs is 6. The topological polar surface area (TPSA) is 25.8 Å². The fourth-order valence-electron chi connectivity index (χ4n) is 9.69. The normalized spacial score (nSPS) is 14.2. The second-order valence-electron chi connectivity index (χ2n) is 16.7. The molecule has 2 nitrogen and oxygen atoms in total. The highest BCUT2D eigenvalue weighted by molar-refractivity contribution is 7.25. The molecule has 0 bridgehead atoms. The fourth-order valence-corrected chi connectivity index (χ4v) is 10.8. The Kier molecular flexibility index (Phi) is 8.84. The SMILES string of the molecule is CC1(c2ccccc2)c2ccccc2-c2ccc(-c3ccc(-c4cc(-c5ccc6sc7ccccc7c6c5)cc(-c5cc(-c6ccccc6)nc(-c6ccccc6)n5)c4)cc3)cc21. The van der Waals surface area contributed by atoms with Crippen molar-refractivity contribution in [1.82, 2.24) is 9.97 Å². The summed E-state index contributed by atoms with van der Waals surface area (Å²) in [5.41, 5.74) is 18.2. The lowest BCUT2D eigenvalue weighted by molar-refractivity contribution is 0.714. The molecular formula is C60H40N2S. The number of thiophene rings is 1. The first-order chi connectivity index (χ1) is 31.1. The Morgan fingerprint density at radius 1 is 0.333 bits per heavy atom. The monoisotopic (exact) mass is 820 g/mol. The van der Waals surface area contributed by atoms with Crippen LogP contribution in [0.25, 0.3) is 98.6 Å². The van der Waals surface area contributed by atoms with E-state index in [2.05, 4.69) is 207 Å². The Bertz CT molecular complexity index is 3440. The van der Waals surface area contributed by atoms with Crippen molar-refractivity contribution in [3.63, 3.8) is 0 Å². The van der Waals surface area contributed by atoms with Gasteiger partial charge in [-0.25, -0.2) is 9.97 Å². The number of rotatable bonds is 7. The first kappa shape index (κ1) is 37.1. The van der Waals surface area contributed by atoms with Crippen LogP contribution in [-0.2, 0) is 5.41 Å². The molecule has 0 fully saturated rings. The van der Waals surface area contributed by atoms with Gasteiger partial charge in [0, 0.05) is 42.3 Å². The average Bonchev–Trinajstić information content (AvgIpc) is 3.87. The Morgan fingerprint density at radius 3 is 1.62 bits per heavy atom. The lowest BCUT2D eigenvalue weighted by Gasteiger charge is -2.28. The number of nitrogens with zero attached hydrogens (tertiary/aromatic N) is 2. The molecular weight excluding hydrogens is 781 g/mol. The van der Waals surface area contributed by atoms with E-state index in [1.165, 1.54) is 64.7 Å². The molecule has 2 heterocycles. The minimum absolute atomic E-state index is 0.250. The summed E-state index contributed by atoms with van der Waals surface area (Å²) in [5.74, 6) is 0.704. The maximum atomic E-state index is 5.27. The largest absolute Gasteiger partial charge is 0.228 e. The molecule has 1 atom stereocenters. The summed E-state index contributed by atoms with van der Waals surface area (Å²) in [6, 6.07) is 81.4. The minimum Gasteiger partial charge on any atom is -0.228 e. The van der Waals surface area contributed by atoms with Crippen LogP contribution in [0.3, 0.4) is 0 Å². The third-order valence-corrected chi connectivity index (χ3v) is 14.1. The van der Waals surface area contributed by atoms with Crippen molar-refractivity contribution in [3.05, 3.63) is 241 Å². The number of benzene rings is 9. The average molecular weight is 821 g/mol. The first-order valence-corrected chi connectivity index (χ1v) is 22.4. The van der Waals surface area contributed by atoms with Gasteiger partial charge in [0.1, 0.15) is 0 Å². The van der Waals surface area contributed by atoms with Gasteiger partial charge in [-0.3, -0.25) is 0 Å². The third kappa shape index (κ3) is 6.40. The predicted molar refractivity (Wildman–Crippen MR) is 265 cm³/mol. The van der Waals surface area contributed by atoms with E-state index in [1.54, 1.807) is 0 Å². The summed E-state index contributed by atoms with van der Waals surface area (Å²) in [7, 11) is 0. The van der Waals surface area contributed by atoms with Gasteiger partial charge in [-0.15, -0.1) is 11.3 Å². The van der Waals surface area contributed by atoms with Crippen LogP contribution in [0, 0.1) is 0 Å². The van der Waals surface area contributed by atoms with Crippen molar-refractivity contribution in [2.24, 2.45) is 0 Å². The van der Waals surface area contributed by atoms with Gasteiger partial charge in [-0.05, 0) is 117 Å². The van der Waals surface area contributed by atoms with Crippen molar-refractivity contribution in [3.8, 4) is 78.4 Å². The summed E-state index contributed by atoms with van der Waals surface area (Å²) in [6.07, 6.45) is 0. The summed E-state index contributed by atoms with van der Waals surface area (Å²) in [4.78, 5) is 10.4. The fraction of sp³-hybridized carbons (Fsp3) is 0.0333. The highest BCUT2D eigenvalue weighted by Crippen LogP contribution is 2.53. The molecule has 1 aliphatic rings. The van der Waals surface area contributed by atoms with E-state index in [-0.39, 0.29) is 5.41 Å². The van der Waals surface area contributed by atoms with Crippen molar-refractivity contribution < 1.29 is 0 Å². The molecule has 11 aromatic rings. The van der Waals surface area contributed by atoms with Crippen molar-refractivity contribution >= 4 is 31.5 Å². The second-order valence-corrected chi connectivity index (χ2v) is 17.8. The lowest BCUT2D eigenvalue weighted by atomic mass is 9.74. The molecule has 9 aromatic carbocycles. The molecule has 0 aliphatic heterocycles. The lowest BCUT2D eigenvalue weighted by Crippen LogP contribution is -2.22. The highest BCUT2D eigenvalue weighted by atomic mass is 32.1. The van der Waals surface area contributed by atoms with E-state index < -0.39 is 0 Å². The van der Waals surface area contributed by atoms with Crippen LogP contribution >= 0.6 is 11.3 Å². The van der Waals surface area contributed by atoms with Crippen molar-refractivity contribution in [2.75, 3.05) is 0 Å². The van der Waals surface area contributed by atoms with Crippen LogP contribution in [0.4, 0.5) is 0 Å². The quantitative estimate of drug-likeness (QED) is 0.160. The van der Waals surface area contributed by atoms with Crippen LogP contribution in [0.1, 0.15) is 23.6 Å². The molecule has 63 heavy (non-hydrogen) atoms.